The molecule has 0 bridgehead atoms. The molecule has 1 unspecified atom stereocenters. The Kier molecular flexibility index (Phi) is 3.32. The average Bonchev–Trinajstić information content (AvgIpc) is 2.66. The molecule has 1 aromatic carbocycles. The molecular weight excluding hydrogens is 234 g/mol. The van der Waals surface area contributed by atoms with Gasteiger partial charge in [-0.1, -0.05) is 30.3 Å². The summed E-state index contributed by atoms with van der Waals surface area (Å²) in [6.07, 6.45) is -0.856. The van der Waals surface area contributed by atoms with E-state index in [-0.39, 0.29) is 18.1 Å². The smallest absolute Gasteiger partial charge is 0.347 e. The number of nitrogens with two attached hydrogens (primary N) is 1. The first kappa shape index (κ1) is 12.2. The average molecular weight is 247 g/mol. The Balaban J connectivity index is 2.24. The summed E-state index contributed by atoms with van der Waals surface area (Å²) in [5, 5.41) is 0. The van der Waals surface area contributed by atoms with E-state index in [9.17, 15) is 9.59 Å². The van der Waals surface area contributed by atoms with Crippen molar-refractivity contribution in [2.24, 2.45) is 5.73 Å². The number of hydrogen-bond acceptors (Lipinski definition) is 5. The van der Waals surface area contributed by atoms with Crippen molar-refractivity contribution in [3.05, 3.63) is 47.4 Å². The number of rotatable bonds is 3. The molecule has 0 spiro atoms. The highest BCUT2D eigenvalue weighted by Gasteiger charge is 2.39. The van der Waals surface area contributed by atoms with Crippen molar-refractivity contribution >= 4 is 11.8 Å². The highest BCUT2D eigenvalue weighted by atomic mass is 16.5. The molecule has 0 aromatic heterocycles. The van der Waals surface area contributed by atoms with Crippen LogP contribution in [0.5, 0.6) is 0 Å². The number of ketones is 1. The van der Waals surface area contributed by atoms with Gasteiger partial charge < -0.3 is 15.2 Å². The number of benzene rings is 1. The molecule has 1 atom stereocenters. The van der Waals surface area contributed by atoms with E-state index < -0.39 is 17.9 Å². The molecule has 2 N–H and O–H groups in total. The second-order valence-corrected chi connectivity index (χ2v) is 3.73. The molecule has 1 aromatic rings. The normalized spacial score (nSPS) is 18.7. The highest BCUT2D eigenvalue weighted by Crippen LogP contribution is 2.31. The molecule has 0 saturated heterocycles. The van der Waals surface area contributed by atoms with Gasteiger partial charge in [0.15, 0.2) is 11.7 Å². The summed E-state index contributed by atoms with van der Waals surface area (Å²) in [6, 6.07) is 8.87. The van der Waals surface area contributed by atoms with E-state index in [4.69, 9.17) is 15.2 Å². The highest BCUT2D eigenvalue weighted by molar-refractivity contribution is 6.20. The topological polar surface area (TPSA) is 78.6 Å². The summed E-state index contributed by atoms with van der Waals surface area (Å²) in [5.41, 5.74) is 6.02. The Morgan fingerprint density at radius 1 is 1.39 bits per heavy atom. The van der Waals surface area contributed by atoms with Crippen molar-refractivity contribution in [3.8, 4) is 0 Å². The van der Waals surface area contributed by atoms with Gasteiger partial charge >= 0.3 is 5.97 Å². The van der Waals surface area contributed by atoms with Crippen LogP contribution in [-0.4, -0.2) is 18.4 Å². The van der Waals surface area contributed by atoms with E-state index in [1.165, 1.54) is 0 Å². The third-order valence-corrected chi connectivity index (χ3v) is 2.56. The van der Waals surface area contributed by atoms with Crippen molar-refractivity contribution in [3.63, 3.8) is 0 Å². The van der Waals surface area contributed by atoms with Gasteiger partial charge in [0.05, 0.1) is 6.61 Å². The van der Waals surface area contributed by atoms with Gasteiger partial charge in [-0.15, -0.1) is 0 Å². The van der Waals surface area contributed by atoms with Crippen LogP contribution in [0.15, 0.2) is 41.8 Å². The lowest BCUT2D eigenvalue weighted by Gasteiger charge is -2.09. The fraction of sp³-hybridized carbons (Fsp3) is 0.231. The molecule has 5 heteroatoms. The van der Waals surface area contributed by atoms with Gasteiger partial charge in [0.25, 0.3) is 0 Å². The fourth-order valence-electron chi connectivity index (χ4n) is 1.74. The molecule has 1 aliphatic rings. The first-order valence-corrected chi connectivity index (χ1v) is 5.57. The third kappa shape index (κ3) is 2.07. The zero-order valence-electron chi connectivity index (χ0n) is 9.88. The summed E-state index contributed by atoms with van der Waals surface area (Å²) in [5.74, 6) is -1.37. The second kappa shape index (κ2) is 4.91. The molecule has 0 aliphatic carbocycles. The Morgan fingerprint density at radius 2 is 2.06 bits per heavy atom. The summed E-state index contributed by atoms with van der Waals surface area (Å²) in [6.45, 7) is 1.84. The quantitative estimate of drug-likeness (QED) is 0.638. The number of carbonyl (C=O) groups is 2. The Hall–Kier alpha value is -2.30. The van der Waals surface area contributed by atoms with Crippen LogP contribution in [0.25, 0.3) is 0 Å². The lowest BCUT2D eigenvalue weighted by molar-refractivity contribution is -0.140. The number of Topliss-reactive ketones (excluding diaryl/α,β-unsaturated/α-hetero) is 1. The Bertz CT molecular complexity index is 507. The van der Waals surface area contributed by atoms with Crippen LogP contribution in [-0.2, 0) is 19.1 Å². The molecule has 5 nitrogen and oxygen atoms in total. The van der Waals surface area contributed by atoms with Crippen molar-refractivity contribution in [1.82, 2.24) is 0 Å². The van der Waals surface area contributed by atoms with Crippen LogP contribution < -0.4 is 5.73 Å². The summed E-state index contributed by atoms with van der Waals surface area (Å²) >= 11 is 0. The molecular formula is C13H13NO4. The van der Waals surface area contributed by atoms with Crippen LogP contribution in [0.3, 0.4) is 0 Å². The van der Waals surface area contributed by atoms with Gasteiger partial charge in [-0.2, -0.15) is 0 Å². The summed E-state index contributed by atoms with van der Waals surface area (Å²) in [7, 11) is 0. The molecule has 0 amide bonds. The monoisotopic (exact) mass is 247 g/mol. The molecule has 1 heterocycles. The first-order chi connectivity index (χ1) is 8.65. The molecule has 1 aliphatic heterocycles. The molecule has 94 valence electrons. The van der Waals surface area contributed by atoms with Crippen LogP contribution in [0, 0.1) is 0 Å². The van der Waals surface area contributed by atoms with E-state index in [2.05, 4.69) is 0 Å². The SMILES string of the molecule is CCOC(=O)C1=C(N)OC(c2ccccc2)C1=O. The van der Waals surface area contributed by atoms with Gasteiger partial charge in [0.2, 0.25) is 11.7 Å². The Labute approximate surface area is 104 Å². The lowest BCUT2D eigenvalue weighted by Crippen LogP contribution is -2.18. The molecule has 2 rings (SSSR count). The van der Waals surface area contributed by atoms with Crippen molar-refractivity contribution in [2.45, 2.75) is 13.0 Å². The number of hydrogen-bond donors (Lipinski definition) is 1. The van der Waals surface area contributed by atoms with Gasteiger partial charge in [-0.25, -0.2) is 4.79 Å². The van der Waals surface area contributed by atoms with E-state index >= 15 is 0 Å². The number of esters is 1. The Morgan fingerprint density at radius 3 is 2.67 bits per heavy atom. The number of carbonyl (C=O) groups excluding carboxylic acids is 2. The van der Waals surface area contributed by atoms with Gasteiger partial charge in [-0.3, -0.25) is 4.79 Å². The van der Waals surface area contributed by atoms with Crippen LogP contribution in [0.4, 0.5) is 0 Å². The van der Waals surface area contributed by atoms with E-state index in [0.717, 1.165) is 0 Å². The lowest BCUT2D eigenvalue weighted by atomic mass is 10.0. The van der Waals surface area contributed by atoms with Gasteiger partial charge in [0.1, 0.15) is 0 Å². The van der Waals surface area contributed by atoms with E-state index in [0.29, 0.717) is 5.56 Å². The van der Waals surface area contributed by atoms with Crippen LogP contribution >= 0.6 is 0 Å². The minimum absolute atomic E-state index is 0.174. The van der Waals surface area contributed by atoms with Crippen molar-refractivity contribution in [1.29, 1.82) is 0 Å². The first-order valence-electron chi connectivity index (χ1n) is 5.57. The van der Waals surface area contributed by atoms with Crippen molar-refractivity contribution in [2.75, 3.05) is 6.61 Å². The van der Waals surface area contributed by atoms with Crippen LogP contribution in [0.1, 0.15) is 18.6 Å². The fourth-order valence-corrected chi connectivity index (χ4v) is 1.74. The van der Waals surface area contributed by atoms with Gasteiger partial charge in [-0.05, 0) is 6.92 Å². The van der Waals surface area contributed by atoms with E-state index in [1.807, 2.05) is 6.07 Å². The van der Waals surface area contributed by atoms with Crippen LogP contribution in [0.2, 0.25) is 0 Å². The number of ether oxygens (including phenoxy) is 2. The summed E-state index contributed by atoms with van der Waals surface area (Å²) in [4.78, 5) is 23.7. The zero-order valence-corrected chi connectivity index (χ0v) is 9.88. The van der Waals surface area contributed by atoms with Crippen molar-refractivity contribution < 1.29 is 19.1 Å². The minimum atomic E-state index is -0.856. The maximum Gasteiger partial charge on any atom is 0.347 e. The predicted molar refractivity (Wildman–Crippen MR) is 63.1 cm³/mol. The standard InChI is InChI=1S/C13H13NO4/c1-2-17-13(16)9-10(15)11(18-12(9)14)8-6-4-3-5-7-8/h3-7,11H,2,14H2,1H3. The maximum absolute atomic E-state index is 12.1. The second-order valence-electron chi connectivity index (χ2n) is 3.73. The van der Waals surface area contributed by atoms with Gasteiger partial charge in [0, 0.05) is 5.56 Å². The summed E-state index contributed by atoms with van der Waals surface area (Å²) < 4.78 is 10.0. The predicted octanol–water partition coefficient (Wildman–Crippen LogP) is 1.06. The molecule has 0 radical (unpaired) electrons. The zero-order chi connectivity index (χ0) is 13.1. The molecule has 0 saturated carbocycles. The largest absolute Gasteiger partial charge is 0.462 e. The third-order valence-electron chi connectivity index (χ3n) is 2.56. The molecule has 0 fully saturated rings. The van der Waals surface area contributed by atoms with E-state index in [1.54, 1.807) is 31.2 Å². The minimum Gasteiger partial charge on any atom is -0.462 e. The molecule has 18 heavy (non-hydrogen) atoms. The maximum atomic E-state index is 12.1.